The van der Waals surface area contributed by atoms with Crippen LogP contribution in [0.15, 0.2) is 0 Å². The van der Waals surface area contributed by atoms with Crippen LogP contribution in [0.1, 0.15) is 34.1 Å². The van der Waals surface area contributed by atoms with Crippen molar-refractivity contribution in [2.45, 2.75) is 46.2 Å². The number of rotatable bonds is 8. The number of hydrogen-bond donors (Lipinski definition) is 1. The molecule has 0 aromatic carbocycles. The predicted octanol–water partition coefficient (Wildman–Crippen LogP) is 1.72. The van der Waals surface area contributed by atoms with Crippen molar-refractivity contribution in [1.82, 2.24) is 4.90 Å². The first-order valence-electron chi connectivity index (χ1n) is 6.01. The van der Waals surface area contributed by atoms with Crippen LogP contribution in [0.3, 0.4) is 0 Å². The van der Waals surface area contributed by atoms with Crippen molar-refractivity contribution in [3.8, 4) is 0 Å². The van der Waals surface area contributed by atoms with Crippen LogP contribution in [0.25, 0.3) is 0 Å². The lowest BCUT2D eigenvalue weighted by Gasteiger charge is -2.31. The second-order valence-electron chi connectivity index (χ2n) is 4.65. The highest BCUT2D eigenvalue weighted by atomic mass is 16.5. The molecule has 0 saturated carbocycles. The number of nitrogens with two attached hydrogens (primary N) is 1. The van der Waals surface area contributed by atoms with E-state index in [-0.39, 0.29) is 6.04 Å². The lowest BCUT2D eigenvalue weighted by Crippen LogP contribution is -2.45. The average Bonchev–Trinajstić information content (AvgIpc) is 2.22. The van der Waals surface area contributed by atoms with Gasteiger partial charge >= 0.3 is 0 Å². The van der Waals surface area contributed by atoms with Gasteiger partial charge in [0, 0.05) is 32.3 Å². The molecule has 0 aromatic heterocycles. The molecule has 0 amide bonds. The first kappa shape index (κ1) is 14.9. The Morgan fingerprint density at radius 2 is 1.87 bits per heavy atom. The van der Waals surface area contributed by atoms with E-state index in [1.807, 2.05) is 0 Å². The van der Waals surface area contributed by atoms with Crippen LogP contribution in [0.4, 0.5) is 0 Å². The zero-order valence-electron chi connectivity index (χ0n) is 11.0. The van der Waals surface area contributed by atoms with E-state index in [4.69, 9.17) is 10.5 Å². The minimum atomic E-state index is 0.260. The van der Waals surface area contributed by atoms with Crippen molar-refractivity contribution in [1.29, 1.82) is 0 Å². The van der Waals surface area contributed by atoms with E-state index in [0.717, 1.165) is 26.1 Å². The molecule has 0 aliphatic heterocycles. The summed E-state index contributed by atoms with van der Waals surface area (Å²) in [5, 5.41) is 0. The van der Waals surface area contributed by atoms with E-state index in [1.54, 1.807) is 7.11 Å². The van der Waals surface area contributed by atoms with Gasteiger partial charge in [0.05, 0.1) is 6.61 Å². The molecular weight excluding hydrogens is 188 g/mol. The molecule has 0 heterocycles. The molecule has 0 bridgehead atoms. The zero-order chi connectivity index (χ0) is 11.8. The molecule has 3 nitrogen and oxygen atoms in total. The minimum absolute atomic E-state index is 0.260. The maximum atomic E-state index is 6.10. The van der Waals surface area contributed by atoms with Gasteiger partial charge in [-0.05, 0) is 19.3 Å². The maximum absolute atomic E-state index is 6.10. The molecule has 0 fully saturated rings. The van der Waals surface area contributed by atoms with Gasteiger partial charge in [0.1, 0.15) is 0 Å². The van der Waals surface area contributed by atoms with Gasteiger partial charge in [-0.2, -0.15) is 0 Å². The Morgan fingerprint density at radius 3 is 2.27 bits per heavy atom. The average molecular weight is 216 g/mol. The highest BCUT2D eigenvalue weighted by Gasteiger charge is 2.17. The Morgan fingerprint density at radius 1 is 1.27 bits per heavy atom. The highest BCUT2D eigenvalue weighted by Crippen LogP contribution is 2.07. The van der Waals surface area contributed by atoms with Gasteiger partial charge in [0.2, 0.25) is 0 Å². The second kappa shape index (κ2) is 8.08. The third-order valence-corrected chi connectivity index (χ3v) is 3.10. The standard InChI is InChI=1S/C12H28N2O/c1-6-11(4)14(7-8-15-5)9-12(13)10(2)3/h10-12H,6-9,13H2,1-5H3. The van der Waals surface area contributed by atoms with Crippen LogP contribution in [-0.2, 0) is 4.74 Å². The molecule has 2 unspecified atom stereocenters. The quantitative estimate of drug-likeness (QED) is 0.671. The predicted molar refractivity (Wildman–Crippen MR) is 66.0 cm³/mol. The molecule has 15 heavy (non-hydrogen) atoms. The lowest BCUT2D eigenvalue weighted by molar-refractivity contribution is 0.113. The maximum Gasteiger partial charge on any atom is 0.0589 e. The number of hydrogen-bond acceptors (Lipinski definition) is 3. The van der Waals surface area contributed by atoms with Gasteiger partial charge in [0.15, 0.2) is 0 Å². The SMILES string of the molecule is CCC(C)N(CCOC)CC(N)C(C)C. The van der Waals surface area contributed by atoms with Crippen molar-refractivity contribution in [2.24, 2.45) is 11.7 Å². The van der Waals surface area contributed by atoms with Crippen LogP contribution < -0.4 is 5.73 Å². The topological polar surface area (TPSA) is 38.5 Å². The van der Waals surface area contributed by atoms with Gasteiger partial charge < -0.3 is 10.5 Å². The molecule has 0 aliphatic rings. The second-order valence-corrected chi connectivity index (χ2v) is 4.65. The largest absolute Gasteiger partial charge is 0.383 e. The summed E-state index contributed by atoms with van der Waals surface area (Å²) in [6.45, 7) is 11.6. The van der Waals surface area contributed by atoms with E-state index in [1.165, 1.54) is 0 Å². The Labute approximate surface area is 95.0 Å². The van der Waals surface area contributed by atoms with E-state index in [2.05, 4.69) is 32.6 Å². The fourth-order valence-corrected chi connectivity index (χ4v) is 1.44. The molecule has 0 spiro atoms. The van der Waals surface area contributed by atoms with Gasteiger partial charge in [-0.1, -0.05) is 20.8 Å². The molecule has 2 N–H and O–H groups in total. The number of nitrogens with zero attached hydrogens (tertiary/aromatic N) is 1. The van der Waals surface area contributed by atoms with Crippen molar-refractivity contribution in [3.63, 3.8) is 0 Å². The Bertz CT molecular complexity index is 151. The third kappa shape index (κ3) is 6.13. The van der Waals surface area contributed by atoms with E-state index in [0.29, 0.717) is 12.0 Å². The zero-order valence-corrected chi connectivity index (χ0v) is 11.0. The number of methoxy groups -OCH3 is 1. The van der Waals surface area contributed by atoms with E-state index < -0.39 is 0 Å². The summed E-state index contributed by atoms with van der Waals surface area (Å²) < 4.78 is 5.13. The molecular formula is C12H28N2O. The van der Waals surface area contributed by atoms with Gasteiger partial charge in [0.25, 0.3) is 0 Å². The van der Waals surface area contributed by atoms with Crippen LogP contribution in [0.2, 0.25) is 0 Å². The fourth-order valence-electron chi connectivity index (χ4n) is 1.44. The lowest BCUT2D eigenvalue weighted by atomic mass is 10.0. The summed E-state index contributed by atoms with van der Waals surface area (Å²) in [7, 11) is 1.75. The fraction of sp³-hybridized carbons (Fsp3) is 1.00. The molecule has 92 valence electrons. The normalized spacial score (nSPS) is 16.0. The molecule has 0 aliphatic carbocycles. The summed E-state index contributed by atoms with van der Waals surface area (Å²) in [5.74, 6) is 0.541. The van der Waals surface area contributed by atoms with E-state index >= 15 is 0 Å². The van der Waals surface area contributed by atoms with Crippen molar-refractivity contribution >= 4 is 0 Å². The molecule has 2 atom stereocenters. The van der Waals surface area contributed by atoms with Gasteiger partial charge in [-0.3, -0.25) is 4.90 Å². The first-order chi connectivity index (χ1) is 7.02. The van der Waals surface area contributed by atoms with Crippen molar-refractivity contribution in [3.05, 3.63) is 0 Å². The smallest absolute Gasteiger partial charge is 0.0589 e. The van der Waals surface area contributed by atoms with Crippen molar-refractivity contribution in [2.75, 3.05) is 26.8 Å². The Hall–Kier alpha value is -0.120. The summed E-state index contributed by atoms with van der Waals surface area (Å²) in [6.07, 6.45) is 1.16. The highest BCUT2D eigenvalue weighted by molar-refractivity contribution is 4.74. The molecule has 3 heteroatoms. The van der Waals surface area contributed by atoms with Gasteiger partial charge in [-0.25, -0.2) is 0 Å². The summed E-state index contributed by atoms with van der Waals surface area (Å²) in [5.41, 5.74) is 6.10. The monoisotopic (exact) mass is 216 g/mol. The van der Waals surface area contributed by atoms with Crippen LogP contribution in [-0.4, -0.2) is 43.8 Å². The van der Waals surface area contributed by atoms with Crippen LogP contribution in [0, 0.1) is 5.92 Å². The first-order valence-corrected chi connectivity index (χ1v) is 6.01. The molecule has 0 saturated heterocycles. The summed E-state index contributed by atoms with van der Waals surface area (Å²) in [6, 6.07) is 0.848. The summed E-state index contributed by atoms with van der Waals surface area (Å²) in [4.78, 5) is 2.42. The van der Waals surface area contributed by atoms with E-state index in [9.17, 15) is 0 Å². The molecule has 0 aromatic rings. The summed E-state index contributed by atoms with van der Waals surface area (Å²) >= 11 is 0. The van der Waals surface area contributed by atoms with Crippen LogP contribution in [0.5, 0.6) is 0 Å². The minimum Gasteiger partial charge on any atom is -0.383 e. The van der Waals surface area contributed by atoms with Gasteiger partial charge in [-0.15, -0.1) is 0 Å². The number of ether oxygens (including phenoxy) is 1. The molecule has 0 rings (SSSR count). The Kier molecular flexibility index (Phi) is 8.02. The van der Waals surface area contributed by atoms with Crippen LogP contribution >= 0.6 is 0 Å². The third-order valence-electron chi connectivity index (χ3n) is 3.10. The Balaban J connectivity index is 4.11. The van der Waals surface area contributed by atoms with Crippen molar-refractivity contribution < 1.29 is 4.74 Å². The molecule has 0 radical (unpaired) electrons.